The Morgan fingerprint density at radius 3 is 3.00 bits per heavy atom. The van der Waals surface area contributed by atoms with Gasteiger partial charge in [0, 0.05) is 6.04 Å². The lowest BCUT2D eigenvalue weighted by atomic mass is 9.91. The van der Waals surface area contributed by atoms with Crippen LogP contribution in [-0.2, 0) is 0 Å². The van der Waals surface area contributed by atoms with Crippen molar-refractivity contribution in [2.75, 3.05) is 6.54 Å². The van der Waals surface area contributed by atoms with Crippen LogP contribution >= 0.6 is 0 Å². The highest BCUT2D eigenvalue weighted by Crippen LogP contribution is 2.17. The molecule has 0 radical (unpaired) electrons. The maximum atomic E-state index is 3.59. The van der Waals surface area contributed by atoms with Crippen molar-refractivity contribution in [3.63, 3.8) is 0 Å². The third-order valence-electron chi connectivity index (χ3n) is 2.66. The van der Waals surface area contributed by atoms with Crippen LogP contribution in [0.4, 0.5) is 0 Å². The highest BCUT2D eigenvalue weighted by Gasteiger charge is 2.15. The van der Waals surface area contributed by atoms with Crippen LogP contribution in [0.1, 0.15) is 39.5 Å². The lowest BCUT2D eigenvalue weighted by Crippen LogP contribution is -2.35. The first-order valence-electron chi connectivity index (χ1n) is 5.24. The molecule has 0 bridgehead atoms. The van der Waals surface area contributed by atoms with E-state index in [2.05, 4.69) is 31.3 Å². The summed E-state index contributed by atoms with van der Waals surface area (Å²) in [6.07, 6.45) is 9.86. The van der Waals surface area contributed by atoms with Crippen molar-refractivity contribution in [1.82, 2.24) is 5.32 Å². The van der Waals surface area contributed by atoms with Gasteiger partial charge < -0.3 is 5.32 Å². The third kappa shape index (κ3) is 2.98. The van der Waals surface area contributed by atoms with E-state index in [4.69, 9.17) is 0 Å². The number of hydrogen-bond donors (Lipinski definition) is 1. The van der Waals surface area contributed by atoms with Crippen molar-refractivity contribution in [2.45, 2.75) is 45.6 Å². The predicted octanol–water partition coefficient (Wildman–Crippen LogP) is 2.73. The summed E-state index contributed by atoms with van der Waals surface area (Å²) in [6.45, 7) is 5.75. The first-order chi connectivity index (χ1) is 5.84. The molecule has 70 valence electrons. The quantitative estimate of drug-likeness (QED) is 0.501. The molecule has 1 rings (SSSR count). The summed E-state index contributed by atoms with van der Waals surface area (Å²) in [7, 11) is 0. The van der Waals surface area contributed by atoms with E-state index in [9.17, 15) is 0 Å². The van der Waals surface area contributed by atoms with Gasteiger partial charge in [0.25, 0.3) is 0 Å². The van der Waals surface area contributed by atoms with Crippen LogP contribution in [0.3, 0.4) is 0 Å². The van der Waals surface area contributed by atoms with Crippen LogP contribution < -0.4 is 5.32 Å². The molecule has 0 amide bonds. The number of rotatable bonds is 4. The summed E-state index contributed by atoms with van der Waals surface area (Å²) in [6, 6.07) is 0.644. The number of allylic oxidation sites excluding steroid dienone is 1. The Kier molecular flexibility index (Phi) is 4.37. The fraction of sp³-hybridized carbons (Fsp3) is 0.818. The van der Waals surface area contributed by atoms with Gasteiger partial charge in [-0.2, -0.15) is 0 Å². The second kappa shape index (κ2) is 5.36. The van der Waals surface area contributed by atoms with Gasteiger partial charge in [-0.05, 0) is 31.7 Å². The van der Waals surface area contributed by atoms with E-state index in [1.807, 2.05) is 0 Å². The Bertz CT molecular complexity index is 140. The standard InChI is InChI=1S/C11H21N/c1-3-4-9-12-11-8-6-5-7-10(11)2/h6,8,10-12H,3-5,7,9H2,1-2H3. The van der Waals surface area contributed by atoms with Gasteiger partial charge in [-0.25, -0.2) is 0 Å². The van der Waals surface area contributed by atoms with Crippen LogP contribution in [0.25, 0.3) is 0 Å². The topological polar surface area (TPSA) is 12.0 Å². The van der Waals surface area contributed by atoms with Gasteiger partial charge in [0.1, 0.15) is 0 Å². The first kappa shape index (κ1) is 9.79. The highest BCUT2D eigenvalue weighted by atomic mass is 14.9. The van der Waals surface area contributed by atoms with Crippen LogP contribution in [0.2, 0.25) is 0 Å². The summed E-state index contributed by atoms with van der Waals surface area (Å²) in [5.74, 6) is 0.826. The zero-order chi connectivity index (χ0) is 8.81. The lowest BCUT2D eigenvalue weighted by Gasteiger charge is -2.25. The van der Waals surface area contributed by atoms with Gasteiger partial charge in [-0.15, -0.1) is 0 Å². The Labute approximate surface area is 76.2 Å². The van der Waals surface area contributed by atoms with E-state index in [0.29, 0.717) is 6.04 Å². The molecule has 0 heterocycles. The van der Waals surface area contributed by atoms with E-state index in [0.717, 1.165) is 5.92 Å². The average Bonchev–Trinajstić information content (AvgIpc) is 2.09. The summed E-state index contributed by atoms with van der Waals surface area (Å²) in [5, 5.41) is 3.59. The maximum Gasteiger partial charge on any atom is 0.0275 e. The Balaban J connectivity index is 2.20. The van der Waals surface area contributed by atoms with Crippen molar-refractivity contribution in [1.29, 1.82) is 0 Å². The third-order valence-corrected chi connectivity index (χ3v) is 2.66. The van der Waals surface area contributed by atoms with Crippen LogP contribution in [-0.4, -0.2) is 12.6 Å². The van der Waals surface area contributed by atoms with Gasteiger partial charge in [0.05, 0.1) is 0 Å². The summed E-state index contributed by atoms with van der Waals surface area (Å²) in [5.41, 5.74) is 0. The largest absolute Gasteiger partial charge is 0.310 e. The molecule has 2 unspecified atom stereocenters. The molecule has 0 fully saturated rings. The molecule has 1 heteroatoms. The maximum absolute atomic E-state index is 3.59. The smallest absolute Gasteiger partial charge is 0.0275 e. The Hall–Kier alpha value is -0.300. The fourth-order valence-corrected chi connectivity index (χ4v) is 1.69. The zero-order valence-corrected chi connectivity index (χ0v) is 8.34. The monoisotopic (exact) mass is 167 g/mol. The molecule has 0 aromatic rings. The number of hydrogen-bond acceptors (Lipinski definition) is 1. The minimum Gasteiger partial charge on any atom is -0.310 e. The molecule has 2 atom stereocenters. The molecule has 1 N–H and O–H groups in total. The Morgan fingerprint density at radius 1 is 1.50 bits per heavy atom. The van der Waals surface area contributed by atoms with Crippen molar-refractivity contribution >= 4 is 0 Å². The lowest BCUT2D eigenvalue weighted by molar-refractivity contribution is 0.395. The summed E-state index contributed by atoms with van der Waals surface area (Å²) in [4.78, 5) is 0. The SMILES string of the molecule is CCCCNC1C=CCCC1C. The van der Waals surface area contributed by atoms with Gasteiger partial charge >= 0.3 is 0 Å². The van der Waals surface area contributed by atoms with Crippen molar-refractivity contribution in [2.24, 2.45) is 5.92 Å². The van der Waals surface area contributed by atoms with Crippen LogP contribution in [0.5, 0.6) is 0 Å². The fourth-order valence-electron chi connectivity index (χ4n) is 1.69. The highest BCUT2D eigenvalue weighted by molar-refractivity contribution is 5.00. The Morgan fingerprint density at radius 2 is 2.33 bits per heavy atom. The second-order valence-corrected chi connectivity index (χ2v) is 3.82. The van der Waals surface area contributed by atoms with Crippen LogP contribution in [0, 0.1) is 5.92 Å². The first-order valence-corrected chi connectivity index (χ1v) is 5.24. The normalized spacial score (nSPS) is 29.2. The average molecular weight is 167 g/mol. The van der Waals surface area contributed by atoms with E-state index in [1.54, 1.807) is 0 Å². The van der Waals surface area contributed by atoms with E-state index in [-0.39, 0.29) is 0 Å². The van der Waals surface area contributed by atoms with E-state index >= 15 is 0 Å². The summed E-state index contributed by atoms with van der Waals surface area (Å²) < 4.78 is 0. The van der Waals surface area contributed by atoms with Crippen molar-refractivity contribution in [3.8, 4) is 0 Å². The number of nitrogens with one attached hydrogen (secondary N) is 1. The zero-order valence-electron chi connectivity index (χ0n) is 8.34. The second-order valence-electron chi connectivity index (χ2n) is 3.82. The molecule has 0 aromatic heterocycles. The minimum atomic E-state index is 0.644. The van der Waals surface area contributed by atoms with Gasteiger partial charge in [0.2, 0.25) is 0 Å². The molecule has 1 nitrogen and oxygen atoms in total. The van der Waals surface area contributed by atoms with Gasteiger partial charge in [0.15, 0.2) is 0 Å². The van der Waals surface area contributed by atoms with Crippen molar-refractivity contribution < 1.29 is 0 Å². The van der Waals surface area contributed by atoms with E-state index < -0.39 is 0 Å². The molecular formula is C11H21N. The van der Waals surface area contributed by atoms with Crippen molar-refractivity contribution in [3.05, 3.63) is 12.2 Å². The van der Waals surface area contributed by atoms with Gasteiger partial charge in [-0.3, -0.25) is 0 Å². The molecule has 0 aromatic carbocycles. The molecule has 0 aliphatic heterocycles. The molecule has 0 saturated heterocycles. The molecular weight excluding hydrogens is 146 g/mol. The minimum absolute atomic E-state index is 0.644. The molecule has 1 aliphatic rings. The van der Waals surface area contributed by atoms with Gasteiger partial charge in [-0.1, -0.05) is 32.4 Å². The molecule has 1 aliphatic carbocycles. The summed E-state index contributed by atoms with van der Waals surface area (Å²) >= 11 is 0. The van der Waals surface area contributed by atoms with E-state index in [1.165, 1.54) is 32.2 Å². The number of unbranched alkanes of at least 4 members (excludes halogenated alkanes) is 1. The van der Waals surface area contributed by atoms with Crippen LogP contribution in [0.15, 0.2) is 12.2 Å². The molecule has 12 heavy (non-hydrogen) atoms. The predicted molar refractivity (Wildman–Crippen MR) is 54.2 cm³/mol. The molecule has 0 spiro atoms. The molecule has 0 saturated carbocycles.